The fourth-order valence-corrected chi connectivity index (χ4v) is 1.55. The monoisotopic (exact) mass is 238 g/mol. The van der Waals surface area contributed by atoms with Crippen molar-refractivity contribution in [1.82, 2.24) is 4.98 Å². The van der Waals surface area contributed by atoms with Crippen LogP contribution in [0.25, 0.3) is 11.3 Å². The molecule has 2 rings (SSSR count). The molecule has 0 aliphatic rings. The zero-order chi connectivity index (χ0) is 12.5. The van der Waals surface area contributed by atoms with E-state index in [-0.39, 0.29) is 11.3 Å². The Bertz CT molecular complexity index is 535. The lowest BCUT2D eigenvalue weighted by atomic mass is 10.0. The summed E-state index contributed by atoms with van der Waals surface area (Å²) in [5, 5.41) is 0. The molecule has 5 heteroatoms. The highest BCUT2D eigenvalue weighted by Crippen LogP contribution is 2.36. The van der Waals surface area contributed by atoms with Crippen molar-refractivity contribution >= 4 is 5.69 Å². The zero-order valence-corrected chi connectivity index (χ0v) is 8.70. The van der Waals surface area contributed by atoms with Gasteiger partial charge in [0.15, 0.2) is 0 Å². The van der Waals surface area contributed by atoms with Crippen LogP contribution in [-0.2, 0) is 6.18 Å². The molecule has 1 heterocycles. The Kier molecular flexibility index (Phi) is 2.75. The van der Waals surface area contributed by atoms with Crippen LogP contribution in [-0.4, -0.2) is 4.98 Å². The normalized spacial score (nSPS) is 11.5. The number of nitrogens with zero attached hydrogens (tertiary/aromatic N) is 1. The minimum atomic E-state index is -4.40. The molecule has 88 valence electrons. The third kappa shape index (κ3) is 2.38. The second-order valence-electron chi connectivity index (χ2n) is 3.52. The maximum Gasteiger partial charge on any atom is 0.417 e. The van der Waals surface area contributed by atoms with Gasteiger partial charge in [0.2, 0.25) is 0 Å². The van der Waals surface area contributed by atoms with E-state index in [9.17, 15) is 13.2 Å². The van der Waals surface area contributed by atoms with Gasteiger partial charge in [0.25, 0.3) is 0 Å². The van der Waals surface area contributed by atoms with Crippen molar-refractivity contribution in [3.05, 3.63) is 48.2 Å². The number of hydrogen-bond acceptors (Lipinski definition) is 2. The summed E-state index contributed by atoms with van der Waals surface area (Å²) in [5.41, 5.74) is 5.46. The second kappa shape index (κ2) is 4.08. The first-order valence-electron chi connectivity index (χ1n) is 4.86. The quantitative estimate of drug-likeness (QED) is 0.827. The van der Waals surface area contributed by atoms with Crippen molar-refractivity contribution in [3.63, 3.8) is 0 Å². The lowest BCUT2D eigenvalue weighted by Crippen LogP contribution is -2.07. The van der Waals surface area contributed by atoms with Crippen molar-refractivity contribution in [3.8, 4) is 11.3 Å². The van der Waals surface area contributed by atoms with Crippen LogP contribution >= 0.6 is 0 Å². The van der Waals surface area contributed by atoms with Gasteiger partial charge in [-0.2, -0.15) is 13.2 Å². The molecular formula is C12H9F3N2. The Morgan fingerprint density at radius 2 is 1.76 bits per heavy atom. The molecule has 0 saturated heterocycles. The lowest BCUT2D eigenvalue weighted by Gasteiger charge is -2.12. The van der Waals surface area contributed by atoms with Gasteiger partial charge in [0, 0.05) is 17.4 Å². The van der Waals surface area contributed by atoms with E-state index in [1.165, 1.54) is 36.5 Å². The number of benzene rings is 1. The highest BCUT2D eigenvalue weighted by atomic mass is 19.4. The van der Waals surface area contributed by atoms with Crippen molar-refractivity contribution in [2.24, 2.45) is 0 Å². The summed E-state index contributed by atoms with van der Waals surface area (Å²) in [6.45, 7) is 0. The molecule has 0 bridgehead atoms. The summed E-state index contributed by atoms with van der Waals surface area (Å²) in [6.07, 6.45) is -3.01. The smallest absolute Gasteiger partial charge is 0.399 e. The number of anilines is 1. The predicted molar refractivity (Wildman–Crippen MR) is 59.1 cm³/mol. The summed E-state index contributed by atoms with van der Waals surface area (Å²) < 4.78 is 38.3. The summed E-state index contributed by atoms with van der Waals surface area (Å²) in [7, 11) is 0. The Labute approximate surface area is 95.9 Å². The first-order chi connectivity index (χ1) is 7.98. The third-order valence-electron chi connectivity index (χ3n) is 2.29. The third-order valence-corrected chi connectivity index (χ3v) is 2.29. The van der Waals surface area contributed by atoms with Gasteiger partial charge in [0.1, 0.15) is 0 Å². The first kappa shape index (κ1) is 11.4. The van der Waals surface area contributed by atoms with Crippen LogP contribution in [0.1, 0.15) is 5.56 Å². The van der Waals surface area contributed by atoms with E-state index >= 15 is 0 Å². The topological polar surface area (TPSA) is 38.9 Å². The van der Waals surface area contributed by atoms with Gasteiger partial charge >= 0.3 is 6.18 Å². The molecule has 1 aromatic heterocycles. The Hall–Kier alpha value is -2.04. The largest absolute Gasteiger partial charge is 0.417 e. The fraction of sp³-hybridized carbons (Fsp3) is 0.0833. The standard InChI is InChI=1S/C12H9F3N2/c13-12(14,15)10-4-2-1-3-9(10)11-7-8(16)5-6-17-11/h1-7H,(H2,16,17). The van der Waals surface area contributed by atoms with Gasteiger partial charge in [-0.05, 0) is 18.2 Å². The van der Waals surface area contributed by atoms with E-state index in [2.05, 4.69) is 4.98 Å². The number of nitrogen functional groups attached to an aromatic ring is 1. The van der Waals surface area contributed by atoms with Crippen LogP contribution in [0.15, 0.2) is 42.6 Å². The molecule has 0 aliphatic heterocycles. The fourth-order valence-electron chi connectivity index (χ4n) is 1.55. The Balaban J connectivity index is 2.60. The van der Waals surface area contributed by atoms with Crippen LogP contribution in [0.3, 0.4) is 0 Å². The molecule has 2 aromatic rings. The van der Waals surface area contributed by atoms with Gasteiger partial charge in [-0.25, -0.2) is 0 Å². The van der Waals surface area contributed by atoms with Crippen LogP contribution < -0.4 is 5.73 Å². The molecule has 1 aromatic carbocycles. The molecule has 0 radical (unpaired) electrons. The van der Waals surface area contributed by atoms with Gasteiger partial charge in [-0.1, -0.05) is 18.2 Å². The van der Waals surface area contributed by atoms with Crippen LogP contribution in [0.4, 0.5) is 18.9 Å². The number of hydrogen-bond donors (Lipinski definition) is 1. The zero-order valence-electron chi connectivity index (χ0n) is 8.70. The predicted octanol–water partition coefficient (Wildman–Crippen LogP) is 3.35. The van der Waals surface area contributed by atoms with Gasteiger partial charge < -0.3 is 5.73 Å². The maximum absolute atomic E-state index is 12.8. The number of alkyl halides is 3. The minimum absolute atomic E-state index is 0.0345. The van der Waals surface area contributed by atoms with E-state index in [1.807, 2.05) is 0 Å². The number of pyridine rings is 1. The summed E-state index contributed by atoms with van der Waals surface area (Å²) >= 11 is 0. The molecule has 0 amide bonds. The SMILES string of the molecule is Nc1ccnc(-c2ccccc2C(F)(F)F)c1. The number of nitrogens with two attached hydrogens (primary N) is 1. The van der Waals surface area contributed by atoms with E-state index in [1.54, 1.807) is 0 Å². The summed E-state index contributed by atoms with van der Waals surface area (Å²) in [4.78, 5) is 3.90. The van der Waals surface area contributed by atoms with E-state index in [4.69, 9.17) is 5.73 Å². The molecule has 2 nitrogen and oxygen atoms in total. The summed E-state index contributed by atoms with van der Waals surface area (Å²) in [6, 6.07) is 8.24. The van der Waals surface area contributed by atoms with Gasteiger partial charge in [-0.3, -0.25) is 4.98 Å². The van der Waals surface area contributed by atoms with Gasteiger partial charge in [-0.15, -0.1) is 0 Å². The van der Waals surface area contributed by atoms with E-state index in [0.717, 1.165) is 6.07 Å². The molecule has 0 spiro atoms. The Morgan fingerprint density at radius 1 is 1.06 bits per heavy atom. The number of halogens is 3. The van der Waals surface area contributed by atoms with Crippen LogP contribution in [0.2, 0.25) is 0 Å². The Morgan fingerprint density at radius 3 is 2.41 bits per heavy atom. The molecule has 17 heavy (non-hydrogen) atoms. The number of rotatable bonds is 1. The second-order valence-corrected chi connectivity index (χ2v) is 3.52. The minimum Gasteiger partial charge on any atom is -0.399 e. The highest BCUT2D eigenvalue weighted by Gasteiger charge is 2.33. The first-order valence-corrected chi connectivity index (χ1v) is 4.86. The van der Waals surface area contributed by atoms with Gasteiger partial charge in [0.05, 0.1) is 11.3 Å². The van der Waals surface area contributed by atoms with E-state index < -0.39 is 11.7 Å². The molecular weight excluding hydrogens is 229 g/mol. The maximum atomic E-state index is 12.8. The van der Waals surface area contributed by atoms with Crippen molar-refractivity contribution in [2.75, 3.05) is 5.73 Å². The molecule has 0 aliphatic carbocycles. The van der Waals surface area contributed by atoms with Crippen molar-refractivity contribution < 1.29 is 13.2 Å². The molecule has 2 N–H and O–H groups in total. The van der Waals surface area contributed by atoms with Crippen molar-refractivity contribution in [1.29, 1.82) is 0 Å². The molecule has 0 fully saturated rings. The van der Waals surface area contributed by atoms with Crippen molar-refractivity contribution in [2.45, 2.75) is 6.18 Å². The lowest BCUT2D eigenvalue weighted by molar-refractivity contribution is -0.137. The highest BCUT2D eigenvalue weighted by molar-refractivity contribution is 5.67. The van der Waals surface area contributed by atoms with Crippen LogP contribution in [0, 0.1) is 0 Å². The average molecular weight is 238 g/mol. The summed E-state index contributed by atoms with van der Waals surface area (Å²) in [5.74, 6) is 0. The molecule has 0 atom stereocenters. The molecule has 0 saturated carbocycles. The van der Waals surface area contributed by atoms with E-state index in [0.29, 0.717) is 5.69 Å². The van der Waals surface area contributed by atoms with Crippen LogP contribution in [0.5, 0.6) is 0 Å². The average Bonchev–Trinajstić information content (AvgIpc) is 2.28. The molecule has 0 unspecified atom stereocenters. The number of aromatic nitrogens is 1.